The number of carbonyl (C=O) groups is 5. The fraction of sp³-hybridized carbons (Fsp3) is 0.333. The van der Waals surface area contributed by atoms with Gasteiger partial charge in [-0.25, -0.2) is 4.79 Å². The maximum Gasteiger partial charge on any atom is 0.349 e. The number of nitrogens with one attached hydrogen (secondary N) is 4. The highest BCUT2D eigenvalue weighted by molar-refractivity contribution is 5.97. The van der Waals surface area contributed by atoms with Crippen LogP contribution in [0.15, 0.2) is 63.9 Å². The Bertz CT molecular complexity index is 1830. The predicted octanol–water partition coefficient (Wildman–Crippen LogP) is 1.54. The lowest BCUT2D eigenvalue weighted by molar-refractivity contribution is -0.132. The summed E-state index contributed by atoms with van der Waals surface area (Å²) in [4.78, 5) is 77.5. The van der Waals surface area contributed by atoms with Gasteiger partial charge in [0, 0.05) is 54.4 Å². The Labute approximate surface area is 269 Å². The fourth-order valence-corrected chi connectivity index (χ4v) is 5.10. The summed E-state index contributed by atoms with van der Waals surface area (Å²) in [7, 11) is 1.49. The summed E-state index contributed by atoms with van der Waals surface area (Å²) in [5.41, 5.74) is 11.9. The standard InChI is InChI=1S/C33H38N6O8/c1-46-21-11-10-19-15-23(33(45)47-27(19)17-21)31(43)36-14-6-2-3-9-29(41)38-25(12-13-28(34)40)32(44)39-26(30(35)42)16-20-18-37-24-8-5-4-7-22(20)24/h4-5,7-8,10-11,15,17-18,25-26,37H,2-3,6,9,12-14,16H2,1H3,(H2,34,40)(H2,35,42)(H,36,43)(H,38,41)(H,39,44)/t25-,26-/m0/s1. The number of fused-ring (bicyclic) bond motifs is 2. The Kier molecular flexibility index (Phi) is 11.7. The molecule has 5 amide bonds. The normalized spacial score (nSPS) is 12.3. The number of H-pyrrole nitrogens is 1. The number of aromatic amines is 1. The first-order valence-electron chi connectivity index (χ1n) is 15.2. The van der Waals surface area contributed by atoms with E-state index in [1.54, 1.807) is 24.4 Å². The molecule has 0 radical (unpaired) electrons. The monoisotopic (exact) mass is 646 g/mol. The van der Waals surface area contributed by atoms with Crippen molar-refractivity contribution in [2.75, 3.05) is 13.7 Å². The van der Waals surface area contributed by atoms with Gasteiger partial charge in [0.25, 0.3) is 5.91 Å². The van der Waals surface area contributed by atoms with Gasteiger partial charge in [-0.05, 0) is 49.1 Å². The van der Waals surface area contributed by atoms with Crippen molar-refractivity contribution in [3.05, 3.63) is 76.3 Å². The van der Waals surface area contributed by atoms with Crippen molar-refractivity contribution in [3.8, 4) is 5.75 Å². The molecule has 14 heteroatoms. The lowest BCUT2D eigenvalue weighted by atomic mass is 10.0. The summed E-state index contributed by atoms with van der Waals surface area (Å²) >= 11 is 0. The summed E-state index contributed by atoms with van der Waals surface area (Å²) < 4.78 is 10.4. The number of amides is 5. The lowest BCUT2D eigenvalue weighted by Crippen LogP contribution is -2.53. The van der Waals surface area contributed by atoms with E-state index in [0.717, 1.165) is 16.5 Å². The van der Waals surface area contributed by atoms with Gasteiger partial charge in [0.2, 0.25) is 23.6 Å². The molecule has 2 atom stereocenters. The van der Waals surface area contributed by atoms with E-state index in [2.05, 4.69) is 20.9 Å². The molecule has 8 N–H and O–H groups in total. The van der Waals surface area contributed by atoms with Gasteiger partial charge in [0.05, 0.1) is 7.11 Å². The smallest absolute Gasteiger partial charge is 0.349 e. The summed E-state index contributed by atoms with van der Waals surface area (Å²) in [5.74, 6) is -2.55. The molecule has 0 aliphatic heterocycles. The van der Waals surface area contributed by atoms with Crippen molar-refractivity contribution in [2.45, 2.75) is 57.0 Å². The number of methoxy groups -OCH3 is 1. The molecule has 14 nitrogen and oxygen atoms in total. The van der Waals surface area contributed by atoms with Crippen molar-refractivity contribution in [1.29, 1.82) is 0 Å². The van der Waals surface area contributed by atoms with Crippen molar-refractivity contribution in [3.63, 3.8) is 0 Å². The highest BCUT2D eigenvalue weighted by Crippen LogP contribution is 2.21. The van der Waals surface area contributed by atoms with E-state index >= 15 is 0 Å². The molecule has 0 saturated carbocycles. The van der Waals surface area contributed by atoms with Crippen LogP contribution >= 0.6 is 0 Å². The third-order valence-corrected chi connectivity index (χ3v) is 7.64. The first-order chi connectivity index (χ1) is 22.5. The maximum atomic E-state index is 13.2. The topological polar surface area (TPSA) is 229 Å². The summed E-state index contributed by atoms with van der Waals surface area (Å²) in [6.07, 6.45) is 3.24. The second-order valence-electron chi connectivity index (χ2n) is 11.1. The highest BCUT2D eigenvalue weighted by Gasteiger charge is 2.27. The van der Waals surface area contributed by atoms with Crippen molar-refractivity contribution in [1.82, 2.24) is 20.9 Å². The van der Waals surface area contributed by atoms with Gasteiger partial charge in [0.15, 0.2) is 0 Å². The minimum atomic E-state index is -1.12. The number of hydrogen-bond donors (Lipinski definition) is 6. The minimum absolute atomic E-state index is 0.0617. The Morgan fingerprint density at radius 1 is 0.936 bits per heavy atom. The first-order valence-corrected chi connectivity index (χ1v) is 15.2. The summed E-state index contributed by atoms with van der Waals surface area (Å²) in [5, 5.41) is 9.37. The maximum absolute atomic E-state index is 13.2. The number of benzene rings is 2. The van der Waals surface area contributed by atoms with Crippen LogP contribution < -0.4 is 37.8 Å². The molecule has 248 valence electrons. The van der Waals surface area contributed by atoms with E-state index in [-0.39, 0.29) is 37.8 Å². The van der Waals surface area contributed by atoms with Crippen LogP contribution in [-0.2, 0) is 25.6 Å². The molecule has 47 heavy (non-hydrogen) atoms. The van der Waals surface area contributed by atoms with Crippen LogP contribution in [0.25, 0.3) is 21.9 Å². The Morgan fingerprint density at radius 3 is 2.47 bits per heavy atom. The number of rotatable bonds is 17. The third kappa shape index (κ3) is 9.42. The van der Waals surface area contributed by atoms with E-state index in [0.29, 0.717) is 36.0 Å². The molecular weight excluding hydrogens is 608 g/mol. The van der Waals surface area contributed by atoms with E-state index < -0.39 is 47.2 Å². The quantitative estimate of drug-likeness (QED) is 0.0726. The van der Waals surface area contributed by atoms with Gasteiger partial charge in [-0.2, -0.15) is 0 Å². The largest absolute Gasteiger partial charge is 0.497 e. The molecular formula is C33H38N6O8. The van der Waals surface area contributed by atoms with Crippen LogP contribution in [0, 0.1) is 0 Å². The Morgan fingerprint density at radius 2 is 1.72 bits per heavy atom. The van der Waals surface area contributed by atoms with Gasteiger partial charge < -0.3 is 41.6 Å². The lowest BCUT2D eigenvalue weighted by Gasteiger charge is -2.22. The number of nitrogens with two attached hydrogens (primary N) is 2. The van der Waals surface area contributed by atoms with E-state index in [4.69, 9.17) is 20.6 Å². The number of ether oxygens (including phenoxy) is 1. The first kappa shape index (κ1) is 34.2. The average Bonchev–Trinajstić information content (AvgIpc) is 3.45. The zero-order chi connectivity index (χ0) is 33.9. The SMILES string of the molecule is COc1ccc2cc(C(=O)NCCCCCC(=O)N[C@@H](CCC(N)=O)C(=O)N[C@@H](Cc3c[nH]c4ccccc34)C(N)=O)c(=O)oc2c1. The van der Waals surface area contributed by atoms with Crippen LogP contribution in [-0.4, -0.2) is 60.3 Å². The van der Waals surface area contributed by atoms with Gasteiger partial charge in [-0.3, -0.25) is 24.0 Å². The number of primary amides is 2. The Hall–Kier alpha value is -5.66. The average molecular weight is 647 g/mol. The van der Waals surface area contributed by atoms with Crippen molar-refractivity contribution in [2.24, 2.45) is 11.5 Å². The predicted molar refractivity (Wildman–Crippen MR) is 173 cm³/mol. The van der Waals surface area contributed by atoms with E-state index in [1.807, 2.05) is 24.3 Å². The summed E-state index contributed by atoms with van der Waals surface area (Å²) in [6, 6.07) is 11.7. The van der Waals surface area contributed by atoms with Crippen LogP contribution in [0.3, 0.4) is 0 Å². The highest BCUT2D eigenvalue weighted by atomic mass is 16.5. The number of carbonyl (C=O) groups excluding carboxylic acids is 5. The van der Waals surface area contributed by atoms with E-state index in [9.17, 15) is 28.8 Å². The molecule has 0 aliphatic rings. The van der Waals surface area contributed by atoms with Gasteiger partial charge in [-0.1, -0.05) is 24.6 Å². The zero-order valence-corrected chi connectivity index (χ0v) is 25.9. The molecule has 4 aromatic rings. The molecule has 2 heterocycles. The molecule has 0 spiro atoms. The molecule has 0 fully saturated rings. The minimum Gasteiger partial charge on any atom is -0.497 e. The number of para-hydroxylation sites is 1. The second kappa shape index (κ2) is 16.1. The molecule has 2 aromatic heterocycles. The van der Waals surface area contributed by atoms with Gasteiger partial charge in [-0.15, -0.1) is 0 Å². The van der Waals surface area contributed by atoms with Crippen LogP contribution in [0.1, 0.15) is 54.4 Å². The Balaban J connectivity index is 1.24. The van der Waals surface area contributed by atoms with Gasteiger partial charge >= 0.3 is 5.63 Å². The van der Waals surface area contributed by atoms with Crippen LogP contribution in [0.5, 0.6) is 5.75 Å². The van der Waals surface area contributed by atoms with Crippen LogP contribution in [0.2, 0.25) is 0 Å². The van der Waals surface area contributed by atoms with Gasteiger partial charge in [0.1, 0.15) is 29.0 Å². The summed E-state index contributed by atoms with van der Waals surface area (Å²) in [6.45, 7) is 0.259. The number of unbranched alkanes of at least 4 members (excludes halogenated alkanes) is 2. The van der Waals surface area contributed by atoms with Crippen molar-refractivity contribution < 1.29 is 33.1 Å². The molecule has 4 rings (SSSR count). The molecule has 0 saturated heterocycles. The second-order valence-corrected chi connectivity index (χ2v) is 11.1. The molecule has 0 bridgehead atoms. The number of hydrogen-bond acceptors (Lipinski definition) is 8. The van der Waals surface area contributed by atoms with E-state index in [1.165, 1.54) is 13.2 Å². The fourth-order valence-electron chi connectivity index (χ4n) is 5.10. The zero-order valence-electron chi connectivity index (χ0n) is 25.9. The van der Waals surface area contributed by atoms with Crippen molar-refractivity contribution >= 4 is 51.4 Å². The molecule has 2 aromatic carbocycles. The molecule has 0 aliphatic carbocycles. The third-order valence-electron chi connectivity index (χ3n) is 7.64. The molecule has 0 unspecified atom stereocenters. The van der Waals surface area contributed by atoms with Crippen LogP contribution in [0.4, 0.5) is 0 Å². The number of aromatic nitrogens is 1.